The lowest BCUT2D eigenvalue weighted by molar-refractivity contribution is -0.137. The van der Waals surface area contributed by atoms with Crippen LogP contribution in [-0.2, 0) is 20.9 Å². The summed E-state index contributed by atoms with van der Waals surface area (Å²) < 4.78 is 19.6. The summed E-state index contributed by atoms with van der Waals surface area (Å²) in [6, 6.07) is 8.00. The van der Waals surface area contributed by atoms with Gasteiger partial charge in [-0.05, 0) is 48.2 Å². The number of aromatic nitrogens is 1. The van der Waals surface area contributed by atoms with Crippen LogP contribution in [0.25, 0.3) is 0 Å². The fraction of sp³-hybridized carbons (Fsp3) is 0.381. The highest BCUT2D eigenvalue weighted by Gasteiger charge is 2.35. The Morgan fingerprint density at radius 3 is 2.86 bits per heavy atom. The van der Waals surface area contributed by atoms with Gasteiger partial charge in [0, 0.05) is 37.6 Å². The number of anilines is 1. The van der Waals surface area contributed by atoms with Crippen molar-refractivity contribution in [3.05, 3.63) is 59.7 Å². The van der Waals surface area contributed by atoms with E-state index in [0.717, 1.165) is 18.4 Å². The van der Waals surface area contributed by atoms with Gasteiger partial charge in [0.15, 0.2) is 0 Å². The molecule has 0 bridgehead atoms. The number of benzene rings is 1. The molecular formula is C21H22FN3O3. The first-order valence-electron chi connectivity index (χ1n) is 9.49. The Morgan fingerprint density at radius 1 is 1.29 bits per heavy atom. The Labute approximate surface area is 162 Å². The number of halogens is 1. The van der Waals surface area contributed by atoms with Gasteiger partial charge in [-0.15, -0.1) is 0 Å². The highest BCUT2D eigenvalue weighted by molar-refractivity contribution is 6.01. The van der Waals surface area contributed by atoms with Crippen LogP contribution in [0.4, 0.5) is 10.1 Å². The topological polar surface area (TPSA) is 71.5 Å². The number of nitrogens with one attached hydrogen (secondary N) is 1. The SMILES string of the molecule is O=C1C[C@H](C(=O)N2CCC(OCc3cccnc3)CC2)c2cc(F)ccc2N1. The van der Waals surface area contributed by atoms with Gasteiger partial charge >= 0.3 is 0 Å². The first kappa shape index (κ1) is 18.6. The van der Waals surface area contributed by atoms with E-state index in [0.29, 0.717) is 30.9 Å². The summed E-state index contributed by atoms with van der Waals surface area (Å²) in [5.74, 6) is -1.37. The summed E-state index contributed by atoms with van der Waals surface area (Å²) >= 11 is 0. The summed E-state index contributed by atoms with van der Waals surface area (Å²) in [7, 11) is 0. The molecule has 4 rings (SSSR count). The zero-order chi connectivity index (χ0) is 19.5. The molecule has 0 spiro atoms. The van der Waals surface area contributed by atoms with Crippen LogP contribution < -0.4 is 5.32 Å². The van der Waals surface area contributed by atoms with Crippen molar-refractivity contribution in [1.29, 1.82) is 0 Å². The molecule has 0 aliphatic carbocycles. The van der Waals surface area contributed by atoms with E-state index in [1.807, 2.05) is 12.1 Å². The second kappa shape index (κ2) is 8.06. The van der Waals surface area contributed by atoms with Gasteiger partial charge in [0.05, 0.1) is 18.6 Å². The number of pyridine rings is 1. The zero-order valence-electron chi connectivity index (χ0n) is 15.4. The predicted octanol–water partition coefficient (Wildman–Crippen LogP) is 2.85. The van der Waals surface area contributed by atoms with Gasteiger partial charge in [-0.2, -0.15) is 0 Å². The molecule has 28 heavy (non-hydrogen) atoms. The highest BCUT2D eigenvalue weighted by atomic mass is 19.1. The Hall–Kier alpha value is -2.80. The summed E-state index contributed by atoms with van der Waals surface area (Å²) in [6.07, 6.45) is 5.12. The van der Waals surface area contributed by atoms with E-state index in [9.17, 15) is 14.0 Å². The molecule has 3 heterocycles. The Morgan fingerprint density at radius 2 is 2.11 bits per heavy atom. The highest BCUT2D eigenvalue weighted by Crippen LogP contribution is 2.34. The van der Waals surface area contributed by atoms with Gasteiger partial charge in [-0.3, -0.25) is 14.6 Å². The quantitative estimate of drug-likeness (QED) is 0.881. The van der Waals surface area contributed by atoms with Crippen LogP contribution >= 0.6 is 0 Å². The first-order chi connectivity index (χ1) is 13.6. The van der Waals surface area contributed by atoms with Gasteiger partial charge in [0.25, 0.3) is 0 Å². The second-order valence-electron chi connectivity index (χ2n) is 7.23. The number of hydrogen-bond donors (Lipinski definition) is 1. The lowest BCUT2D eigenvalue weighted by Crippen LogP contribution is -2.44. The van der Waals surface area contributed by atoms with Crippen LogP contribution in [0.1, 0.15) is 36.3 Å². The minimum absolute atomic E-state index is 0.0483. The number of piperidine rings is 1. The predicted molar refractivity (Wildman–Crippen MR) is 101 cm³/mol. The third-order valence-corrected chi connectivity index (χ3v) is 5.31. The number of fused-ring (bicyclic) bond motifs is 1. The Balaban J connectivity index is 1.37. The van der Waals surface area contributed by atoms with E-state index in [1.165, 1.54) is 18.2 Å². The van der Waals surface area contributed by atoms with Crippen molar-refractivity contribution < 1.29 is 18.7 Å². The number of likely N-dealkylation sites (tertiary alicyclic amines) is 1. The van der Waals surface area contributed by atoms with Gasteiger partial charge < -0.3 is 15.0 Å². The van der Waals surface area contributed by atoms with Gasteiger partial charge in [0.2, 0.25) is 11.8 Å². The van der Waals surface area contributed by atoms with Crippen molar-refractivity contribution >= 4 is 17.5 Å². The molecule has 1 aromatic heterocycles. The zero-order valence-corrected chi connectivity index (χ0v) is 15.4. The molecule has 2 aromatic rings. The molecule has 1 fully saturated rings. The molecule has 2 aliphatic heterocycles. The van der Waals surface area contributed by atoms with Crippen molar-refractivity contribution in [2.75, 3.05) is 18.4 Å². The molecule has 1 atom stereocenters. The minimum Gasteiger partial charge on any atom is -0.373 e. The summed E-state index contributed by atoms with van der Waals surface area (Å²) in [6.45, 7) is 1.64. The number of carbonyl (C=O) groups excluding carboxylic acids is 2. The summed E-state index contributed by atoms with van der Waals surface area (Å²) in [5, 5.41) is 2.71. The van der Waals surface area contributed by atoms with E-state index in [1.54, 1.807) is 17.3 Å². The lowest BCUT2D eigenvalue weighted by Gasteiger charge is -2.35. The van der Waals surface area contributed by atoms with Crippen molar-refractivity contribution in [1.82, 2.24) is 9.88 Å². The third kappa shape index (κ3) is 4.04. The first-order valence-corrected chi connectivity index (χ1v) is 9.49. The van der Waals surface area contributed by atoms with Crippen LogP contribution in [-0.4, -0.2) is 40.9 Å². The smallest absolute Gasteiger partial charge is 0.230 e. The monoisotopic (exact) mass is 383 g/mol. The molecule has 6 nitrogen and oxygen atoms in total. The average Bonchev–Trinajstić information content (AvgIpc) is 2.72. The van der Waals surface area contributed by atoms with E-state index >= 15 is 0 Å². The van der Waals surface area contributed by atoms with Crippen molar-refractivity contribution in [3.63, 3.8) is 0 Å². The van der Waals surface area contributed by atoms with Gasteiger partial charge in [-0.25, -0.2) is 4.39 Å². The van der Waals surface area contributed by atoms with Crippen LogP contribution in [0.2, 0.25) is 0 Å². The molecule has 1 N–H and O–H groups in total. The maximum absolute atomic E-state index is 13.7. The summed E-state index contributed by atoms with van der Waals surface area (Å²) in [5.41, 5.74) is 2.10. The van der Waals surface area contributed by atoms with Gasteiger partial charge in [0.1, 0.15) is 5.82 Å². The van der Waals surface area contributed by atoms with Crippen LogP contribution in [0.15, 0.2) is 42.7 Å². The standard InChI is InChI=1S/C21H22FN3O3/c22-15-3-4-19-17(10-15)18(11-20(26)24-19)21(27)25-8-5-16(6-9-25)28-13-14-2-1-7-23-12-14/h1-4,7,10,12,16,18H,5-6,8-9,11,13H2,(H,24,26)/t18-/m0/s1. The molecule has 0 radical (unpaired) electrons. The molecule has 7 heteroatoms. The molecule has 1 aromatic carbocycles. The second-order valence-corrected chi connectivity index (χ2v) is 7.23. The third-order valence-electron chi connectivity index (χ3n) is 5.31. The number of hydrogen-bond acceptors (Lipinski definition) is 4. The number of rotatable bonds is 4. The summed E-state index contributed by atoms with van der Waals surface area (Å²) in [4.78, 5) is 30.9. The molecule has 2 amide bonds. The van der Waals surface area contributed by atoms with Crippen molar-refractivity contribution in [2.24, 2.45) is 0 Å². The van der Waals surface area contributed by atoms with Crippen molar-refractivity contribution in [3.8, 4) is 0 Å². The fourth-order valence-electron chi connectivity index (χ4n) is 3.81. The molecule has 0 unspecified atom stereocenters. The van der Waals surface area contributed by atoms with Crippen LogP contribution in [0.3, 0.4) is 0 Å². The molecule has 1 saturated heterocycles. The Bertz CT molecular complexity index is 866. The fourth-order valence-corrected chi connectivity index (χ4v) is 3.81. The lowest BCUT2D eigenvalue weighted by atomic mass is 9.88. The van der Waals surface area contributed by atoms with E-state index in [2.05, 4.69) is 10.3 Å². The Kier molecular flexibility index (Phi) is 5.34. The maximum Gasteiger partial charge on any atom is 0.230 e. The molecule has 146 valence electrons. The van der Waals surface area contributed by atoms with E-state index in [-0.39, 0.29) is 24.3 Å². The van der Waals surface area contributed by atoms with Gasteiger partial charge in [-0.1, -0.05) is 6.07 Å². The van der Waals surface area contributed by atoms with Crippen LogP contribution in [0.5, 0.6) is 0 Å². The minimum atomic E-state index is -0.632. The normalized spacial score (nSPS) is 19.8. The van der Waals surface area contributed by atoms with Crippen LogP contribution in [0, 0.1) is 5.82 Å². The van der Waals surface area contributed by atoms with E-state index < -0.39 is 11.7 Å². The van der Waals surface area contributed by atoms with Crippen molar-refractivity contribution in [2.45, 2.75) is 37.9 Å². The maximum atomic E-state index is 13.7. The number of nitrogens with zero attached hydrogens (tertiary/aromatic N) is 2. The number of ether oxygens (including phenoxy) is 1. The van der Waals surface area contributed by atoms with E-state index in [4.69, 9.17) is 4.74 Å². The average molecular weight is 383 g/mol. The molecule has 2 aliphatic rings. The molecular weight excluding hydrogens is 361 g/mol. The largest absolute Gasteiger partial charge is 0.373 e. The molecule has 0 saturated carbocycles. The number of carbonyl (C=O) groups is 2. The number of amides is 2.